The second-order valence-corrected chi connectivity index (χ2v) is 8.75. The van der Waals surface area contributed by atoms with Crippen LogP contribution in [0.25, 0.3) is 10.6 Å². The standard InChI is InChI=1S/C20H27N5O2S/c1-14-22-23-19(28-14)17-5-8-21-12-18(17)24-10-6-15(7-11-24)20(26)25-9-3-4-16(25)13-27-2/h5,8,12,15-16H,3-4,6-7,9-11,13H2,1-2H3/t16-/m1/s1. The van der Waals surface area contributed by atoms with Gasteiger partial charge in [-0.1, -0.05) is 11.3 Å². The molecule has 0 radical (unpaired) electrons. The SMILES string of the molecule is COC[C@H]1CCCN1C(=O)C1CCN(c2cnccc2-c2nnc(C)s2)CC1. The number of rotatable bonds is 5. The number of likely N-dealkylation sites (tertiary alicyclic amines) is 1. The van der Waals surface area contributed by atoms with E-state index in [0.717, 1.165) is 66.6 Å². The molecule has 8 heteroatoms. The van der Waals surface area contributed by atoms with Crippen molar-refractivity contribution in [3.05, 3.63) is 23.5 Å². The van der Waals surface area contributed by atoms with Gasteiger partial charge >= 0.3 is 0 Å². The lowest BCUT2D eigenvalue weighted by atomic mass is 9.94. The number of hydrogen-bond donors (Lipinski definition) is 0. The van der Waals surface area contributed by atoms with Crippen molar-refractivity contribution in [3.8, 4) is 10.6 Å². The molecule has 2 saturated heterocycles. The highest BCUT2D eigenvalue weighted by Crippen LogP contribution is 2.34. The van der Waals surface area contributed by atoms with E-state index in [2.05, 4.69) is 25.0 Å². The monoisotopic (exact) mass is 401 g/mol. The fourth-order valence-corrected chi connectivity index (χ4v) is 5.04. The third-order valence-electron chi connectivity index (χ3n) is 5.76. The average Bonchev–Trinajstić information content (AvgIpc) is 3.37. The smallest absolute Gasteiger partial charge is 0.226 e. The van der Waals surface area contributed by atoms with Crippen molar-refractivity contribution in [2.45, 2.75) is 38.6 Å². The molecule has 0 unspecified atom stereocenters. The summed E-state index contributed by atoms with van der Waals surface area (Å²) in [5.41, 5.74) is 2.16. The van der Waals surface area contributed by atoms with E-state index in [-0.39, 0.29) is 12.0 Å². The maximum Gasteiger partial charge on any atom is 0.226 e. The zero-order chi connectivity index (χ0) is 19.5. The Bertz CT molecular complexity index is 818. The maximum atomic E-state index is 13.0. The number of carbonyl (C=O) groups excluding carboxylic acids is 1. The second-order valence-electron chi connectivity index (χ2n) is 7.56. The molecule has 0 aromatic carbocycles. The fourth-order valence-electron chi connectivity index (χ4n) is 4.32. The van der Waals surface area contributed by atoms with Crippen molar-refractivity contribution in [2.75, 3.05) is 38.3 Å². The molecule has 1 amide bonds. The quantitative estimate of drug-likeness (QED) is 0.767. The van der Waals surface area contributed by atoms with E-state index in [1.165, 1.54) is 0 Å². The fraction of sp³-hybridized carbons (Fsp3) is 0.600. The molecular weight excluding hydrogens is 374 g/mol. The van der Waals surface area contributed by atoms with E-state index >= 15 is 0 Å². The van der Waals surface area contributed by atoms with Gasteiger partial charge in [-0.3, -0.25) is 9.78 Å². The highest BCUT2D eigenvalue weighted by atomic mass is 32.1. The molecule has 4 heterocycles. The van der Waals surface area contributed by atoms with E-state index in [0.29, 0.717) is 12.5 Å². The van der Waals surface area contributed by atoms with Crippen LogP contribution in [0, 0.1) is 12.8 Å². The first-order chi connectivity index (χ1) is 13.7. The number of pyridine rings is 1. The summed E-state index contributed by atoms with van der Waals surface area (Å²) in [6, 6.07) is 2.26. The van der Waals surface area contributed by atoms with Gasteiger partial charge in [0.15, 0.2) is 0 Å². The van der Waals surface area contributed by atoms with E-state index in [9.17, 15) is 4.79 Å². The molecule has 1 atom stereocenters. The first-order valence-corrected chi connectivity index (χ1v) is 10.8. The van der Waals surface area contributed by atoms with Gasteiger partial charge in [-0.2, -0.15) is 0 Å². The summed E-state index contributed by atoms with van der Waals surface area (Å²) in [5, 5.41) is 10.3. The first-order valence-electron chi connectivity index (χ1n) is 9.96. The predicted molar refractivity (Wildman–Crippen MR) is 109 cm³/mol. The lowest BCUT2D eigenvalue weighted by molar-refractivity contribution is -0.137. The zero-order valence-corrected chi connectivity index (χ0v) is 17.3. The van der Waals surface area contributed by atoms with Crippen LogP contribution in [0.2, 0.25) is 0 Å². The Hall–Kier alpha value is -2.06. The summed E-state index contributed by atoms with van der Waals surface area (Å²) in [6.45, 7) is 5.20. The summed E-state index contributed by atoms with van der Waals surface area (Å²) >= 11 is 1.60. The van der Waals surface area contributed by atoms with Crippen molar-refractivity contribution < 1.29 is 9.53 Å². The second kappa shape index (κ2) is 8.53. The minimum atomic E-state index is 0.109. The molecule has 2 aliphatic heterocycles. The topological polar surface area (TPSA) is 71.5 Å². The third-order valence-corrected chi connectivity index (χ3v) is 6.63. The Morgan fingerprint density at radius 1 is 1.25 bits per heavy atom. The van der Waals surface area contributed by atoms with Gasteiger partial charge in [0.1, 0.15) is 10.0 Å². The molecule has 4 rings (SSSR count). The number of methoxy groups -OCH3 is 1. The molecule has 2 aromatic rings. The van der Waals surface area contributed by atoms with Gasteiger partial charge in [-0.15, -0.1) is 10.2 Å². The highest BCUT2D eigenvalue weighted by molar-refractivity contribution is 7.14. The van der Waals surface area contributed by atoms with Crippen molar-refractivity contribution in [1.82, 2.24) is 20.1 Å². The predicted octanol–water partition coefficient (Wildman–Crippen LogP) is 2.76. The van der Waals surface area contributed by atoms with Crippen molar-refractivity contribution in [2.24, 2.45) is 5.92 Å². The van der Waals surface area contributed by atoms with Gasteiger partial charge in [0.05, 0.1) is 24.5 Å². The molecule has 2 aliphatic rings. The third kappa shape index (κ3) is 3.89. The van der Waals surface area contributed by atoms with Crippen LogP contribution in [0.15, 0.2) is 18.5 Å². The number of ether oxygens (including phenoxy) is 1. The van der Waals surface area contributed by atoms with Crippen molar-refractivity contribution in [3.63, 3.8) is 0 Å². The van der Waals surface area contributed by atoms with Gasteiger partial charge in [0.25, 0.3) is 0 Å². The molecule has 0 N–H and O–H groups in total. The Kier molecular flexibility index (Phi) is 5.87. The van der Waals surface area contributed by atoms with Gasteiger partial charge in [0, 0.05) is 44.4 Å². The molecule has 0 spiro atoms. The molecule has 0 aliphatic carbocycles. The summed E-state index contributed by atoms with van der Waals surface area (Å²) in [6.07, 6.45) is 7.59. The Morgan fingerprint density at radius 3 is 2.79 bits per heavy atom. The number of amides is 1. The van der Waals surface area contributed by atoms with Gasteiger partial charge in [0.2, 0.25) is 5.91 Å². The highest BCUT2D eigenvalue weighted by Gasteiger charge is 2.35. The van der Waals surface area contributed by atoms with Crippen molar-refractivity contribution >= 4 is 22.9 Å². The molecule has 2 aromatic heterocycles. The van der Waals surface area contributed by atoms with Crippen LogP contribution < -0.4 is 4.90 Å². The Morgan fingerprint density at radius 2 is 2.07 bits per heavy atom. The lowest BCUT2D eigenvalue weighted by Crippen LogP contribution is -2.45. The molecule has 7 nitrogen and oxygen atoms in total. The molecule has 28 heavy (non-hydrogen) atoms. The molecule has 0 saturated carbocycles. The largest absolute Gasteiger partial charge is 0.383 e. The number of carbonyl (C=O) groups is 1. The summed E-state index contributed by atoms with van der Waals surface area (Å²) in [4.78, 5) is 21.8. The minimum Gasteiger partial charge on any atom is -0.383 e. The Labute approximate surface area is 169 Å². The van der Waals surface area contributed by atoms with E-state index < -0.39 is 0 Å². The zero-order valence-electron chi connectivity index (χ0n) is 16.5. The van der Waals surface area contributed by atoms with Crippen LogP contribution >= 0.6 is 11.3 Å². The van der Waals surface area contributed by atoms with E-state index in [1.54, 1.807) is 24.6 Å². The van der Waals surface area contributed by atoms with E-state index in [1.807, 2.05) is 19.2 Å². The van der Waals surface area contributed by atoms with Gasteiger partial charge < -0.3 is 14.5 Å². The number of piperidine rings is 1. The number of hydrogen-bond acceptors (Lipinski definition) is 7. The number of anilines is 1. The number of aryl methyl sites for hydroxylation is 1. The van der Waals surface area contributed by atoms with Crippen LogP contribution in [0.5, 0.6) is 0 Å². The lowest BCUT2D eigenvalue weighted by Gasteiger charge is -2.36. The van der Waals surface area contributed by atoms with Crippen LogP contribution in [-0.2, 0) is 9.53 Å². The summed E-state index contributed by atoms with van der Waals surface area (Å²) in [7, 11) is 1.71. The molecule has 0 bridgehead atoms. The summed E-state index contributed by atoms with van der Waals surface area (Å²) < 4.78 is 5.31. The summed E-state index contributed by atoms with van der Waals surface area (Å²) in [5.74, 6) is 0.419. The van der Waals surface area contributed by atoms with Gasteiger partial charge in [-0.05, 0) is 38.7 Å². The van der Waals surface area contributed by atoms with Crippen LogP contribution in [0.3, 0.4) is 0 Å². The first kappa shape index (κ1) is 19.3. The van der Waals surface area contributed by atoms with Crippen LogP contribution in [0.1, 0.15) is 30.7 Å². The number of nitrogens with zero attached hydrogens (tertiary/aromatic N) is 5. The van der Waals surface area contributed by atoms with Gasteiger partial charge in [-0.25, -0.2) is 0 Å². The van der Waals surface area contributed by atoms with Crippen LogP contribution in [0.4, 0.5) is 5.69 Å². The molecular formula is C20H27N5O2S. The number of aromatic nitrogens is 3. The van der Waals surface area contributed by atoms with Crippen LogP contribution in [-0.4, -0.2) is 65.4 Å². The van der Waals surface area contributed by atoms with E-state index in [4.69, 9.17) is 4.74 Å². The van der Waals surface area contributed by atoms with Crippen molar-refractivity contribution in [1.29, 1.82) is 0 Å². The minimum absolute atomic E-state index is 0.109. The normalized spacial score (nSPS) is 20.7. The maximum absolute atomic E-state index is 13.0. The molecule has 2 fully saturated rings. The molecule has 150 valence electrons. The average molecular weight is 402 g/mol. The Balaban J connectivity index is 1.43.